The number of hydrogen-bond donors (Lipinski definition) is 1. The van der Waals surface area contributed by atoms with Gasteiger partial charge in [0.15, 0.2) is 5.78 Å². The van der Waals surface area contributed by atoms with Crippen LogP contribution < -0.4 is 4.74 Å². The monoisotopic (exact) mass is 326 g/mol. The first kappa shape index (κ1) is 14.0. The molecular weight excluding hydrogens is 312 g/mol. The molecule has 0 aliphatic heterocycles. The van der Waals surface area contributed by atoms with Crippen molar-refractivity contribution in [3.05, 3.63) is 83.4 Å². The van der Waals surface area contributed by atoms with Gasteiger partial charge in [-0.25, -0.2) is 0 Å². The number of H-pyrrole nitrogens is 1. The Kier molecular flexibility index (Phi) is 2.97. The van der Waals surface area contributed by atoms with Crippen LogP contribution in [-0.4, -0.2) is 16.0 Å². The third-order valence-corrected chi connectivity index (χ3v) is 4.59. The lowest BCUT2D eigenvalue weighted by atomic mass is 9.87. The number of rotatable bonds is 3. The summed E-state index contributed by atoms with van der Waals surface area (Å²) >= 11 is 0. The molecule has 25 heavy (non-hydrogen) atoms. The number of nitrogens with one attached hydrogen (secondary N) is 1. The summed E-state index contributed by atoms with van der Waals surface area (Å²) in [6.45, 7) is 0.418. The van der Waals surface area contributed by atoms with Crippen molar-refractivity contribution in [1.82, 2.24) is 10.2 Å². The minimum atomic E-state index is -0.0156. The number of aromatic amines is 1. The van der Waals surface area contributed by atoms with E-state index in [-0.39, 0.29) is 5.78 Å². The fourth-order valence-electron chi connectivity index (χ4n) is 3.40. The lowest BCUT2D eigenvalue weighted by Crippen LogP contribution is -2.11. The number of benzene rings is 3. The Hall–Kier alpha value is -3.40. The molecule has 0 bridgehead atoms. The van der Waals surface area contributed by atoms with Gasteiger partial charge in [-0.15, -0.1) is 0 Å². The van der Waals surface area contributed by atoms with E-state index in [0.29, 0.717) is 23.5 Å². The van der Waals surface area contributed by atoms with Crippen molar-refractivity contribution in [3.63, 3.8) is 0 Å². The summed E-state index contributed by atoms with van der Waals surface area (Å²) in [5, 5.41) is 8.27. The van der Waals surface area contributed by atoms with Crippen LogP contribution in [0, 0.1) is 0 Å². The van der Waals surface area contributed by atoms with Crippen LogP contribution >= 0.6 is 0 Å². The van der Waals surface area contributed by atoms with Crippen molar-refractivity contribution in [2.75, 3.05) is 0 Å². The minimum absolute atomic E-state index is 0.0156. The molecule has 0 saturated heterocycles. The molecular formula is C21H14N2O2. The van der Waals surface area contributed by atoms with Crippen molar-refractivity contribution >= 4 is 16.7 Å². The zero-order chi connectivity index (χ0) is 16.8. The van der Waals surface area contributed by atoms with Crippen molar-refractivity contribution in [2.45, 2.75) is 6.61 Å². The van der Waals surface area contributed by atoms with Crippen LogP contribution in [0.2, 0.25) is 0 Å². The number of fused-ring (bicyclic) bond motifs is 2. The number of carbonyl (C=O) groups excluding carboxylic acids is 1. The van der Waals surface area contributed by atoms with Crippen molar-refractivity contribution in [2.24, 2.45) is 0 Å². The van der Waals surface area contributed by atoms with Gasteiger partial charge in [-0.2, -0.15) is 5.10 Å². The number of ketones is 1. The Bertz CT molecular complexity index is 1110. The molecule has 120 valence electrons. The van der Waals surface area contributed by atoms with Crippen molar-refractivity contribution in [3.8, 4) is 17.0 Å². The second kappa shape index (κ2) is 5.31. The summed E-state index contributed by atoms with van der Waals surface area (Å²) in [5.74, 6) is 0.580. The van der Waals surface area contributed by atoms with Crippen LogP contribution in [-0.2, 0) is 6.61 Å². The first-order valence-electron chi connectivity index (χ1n) is 8.15. The number of nitrogens with zero attached hydrogens (tertiary/aromatic N) is 1. The molecule has 1 aliphatic carbocycles. The molecule has 1 aromatic heterocycles. The van der Waals surface area contributed by atoms with E-state index < -0.39 is 0 Å². The Morgan fingerprint density at radius 2 is 1.64 bits per heavy atom. The molecule has 0 unspecified atom stereocenters. The van der Waals surface area contributed by atoms with Gasteiger partial charge in [-0.1, -0.05) is 54.6 Å². The molecule has 1 N–H and O–H groups in total. The first-order valence-corrected chi connectivity index (χ1v) is 8.15. The van der Waals surface area contributed by atoms with Gasteiger partial charge < -0.3 is 4.74 Å². The SMILES string of the molecule is O=C1c2ccccc2-c2[nH]nc3ccc(OCc4ccccc4)c1c23. The third kappa shape index (κ3) is 2.08. The van der Waals surface area contributed by atoms with Crippen molar-refractivity contribution < 1.29 is 9.53 Å². The molecule has 1 aliphatic rings. The average Bonchev–Trinajstić information content (AvgIpc) is 3.10. The molecule has 4 aromatic rings. The Morgan fingerprint density at radius 1 is 0.880 bits per heavy atom. The molecule has 5 rings (SSSR count). The maximum Gasteiger partial charge on any atom is 0.198 e. The molecule has 4 nitrogen and oxygen atoms in total. The Labute approximate surface area is 144 Å². The van der Waals surface area contributed by atoms with Crippen LogP contribution in [0.3, 0.4) is 0 Å². The van der Waals surface area contributed by atoms with Gasteiger partial charge in [-0.3, -0.25) is 9.89 Å². The van der Waals surface area contributed by atoms with Gasteiger partial charge in [0.25, 0.3) is 0 Å². The standard InChI is InChI=1S/C21H14N2O2/c24-21-15-9-5-4-8-14(15)20-18-16(22-23-20)10-11-17(19(18)21)25-12-13-6-2-1-3-7-13/h1-11H,12H2,(H,22,23). The van der Waals surface area contributed by atoms with Crippen LogP contribution in [0.4, 0.5) is 0 Å². The van der Waals surface area contributed by atoms with E-state index in [9.17, 15) is 4.79 Å². The minimum Gasteiger partial charge on any atom is -0.488 e. The number of hydrogen-bond acceptors (Lipinski definition) is 3. The Balaban J connectivity index is 1.66. The largest absolute Gasteiger partial charge is 0.488 e. The normalized spacial score (nSPS) is 12.2. The fraction of sp³-hybridized carbons (Fsp3) is 0.0476. The van der Waals surface area contributed by atoms with Gasteiger partial charge in [0.05, 0.1) is 16.8 Å². The lowest BCUT2D eigenvalue weighted by Gasteiger charge is -2.18. The molecule has 0 amide bonds. The summed E-state index contributed by atoms with van der Waals surface area (Å²) in [4.78, 5) is 13.1. The van der Waals surface area contributed by atoms with Crippen LogP contribution in [0.15, 0.2) is 66.7 Å². The van der Waals surface area contributed by atoms with Crippen LogP contribution in [0.5, 0.6) is 5.75 Å². The van der Waals surface area contributed by atoms with Crippen molar-refractivity contribution in [1.29, 1.82) is 0 Å². The van der Waals surface area contributed by atoms with E-state index in [1.165, 1.54) is 0 Å². The summed E-state index contributed by atoms with van der Waals surface area (Å²) in [6, 6.07) is 21.2. The van der Waals surface area contributed by atoms with Gasteiger partial charge in [0, 0.05) is 16.5 Å². The topological polar surface area (TPSA) is 55.0 Å². The summed E-state index contributed by atoms with van der Waals surface area (Å²) in [5.41, 5.74) is 4.88. The number of ether oxygens (including phenoxy) is 1. The molecule has 3 aromatic carbocycles. The highest BCUT2D eigenvalue weighted by Crippen LogP contribution is 2.41. The molecule has 0 fully saturated rings. The van der Waals surface area contributed by atoms with E-state index >= 15 is 0 Å². The highest BCUT2D eigenvalue weighted by atomic mass is 16.5. The lowest BCUT2D eigenvalue weighted by molar-refractivity contribution is 0.103. The second-order valence-electron chi connectivity index (χ2n) is 6.08. The molecule has 1 heterocycles. The smallest absolute Gasteiger partial charge is 0.198 e. The summed E-state index contributed by atoms with van der Waals surface area (Å²) < 4.78 is 6.00. The predicted octanol–water partition coefficient (Wildman–Crippen LogP) is 4.35. The molecule has 0 spiro atoms. The van der Waals surface area contributed by atoms with E-state index in [0.717, 1.165) is 27.7 Å². The summed E-state index contributed by atoms with van der Waals surface area (Å²) in [6.07, 6.45) is 0. The third-order valence-electron chi connectivity index (χ3n) is 4.59. The fourth-order valence-corrected chi connectivity index (χ4v) is 3.40. The van der Waals surface area contributed by atoms with Gasteiger partial charge in [0.2, 0.25) is 0 Å². The summed E-state index contributed by atoms with van der Waals surface area (Å²) in [7, 11) is 0. The highest BCUT2D eigenvalue weighted by molar-refractivity contribution is 6.26. The molecule has 0 saturated carbocycles. The number of carbonyl (C=O) groups is 1. The van der Waals surface area contributed by atoms with Gasteiger partial charge in [0.1, 0.15) is 12.4 Å². The van der Waals surface area contributed by atoms with Gasteiger partial charge >= 0.3 is 0 Å². The molecule has 4 heteroatoms. The van der Waals surface area contributed by atoms with Gasteiger partial charge in [-0.05, 0) is 17.7 Å². The maximum atomic E-state index is 13.1. The van der Waals surface area contributed by atoms with E-state index in [1.807, 2.05) is 66.7 Å². The molecule has 0 radical (unpaired) electrons. The highest BCUT2D eigenvalue weighted by Gasteiger charge is 2.29. The zero-order valence-corrected chi connectivity index (χ0v) is 13.3. The van der Waals surface area contributed by atoms with Crippen LogP contribution in [0.1, 0.15) is 21.5 Å². The molecule has 0 atom stereocenters. The van der Waals surface area contributed by atoms with E-state index in [4.69, 9.17) is 4.74 Å². The Morgan fingerprint density at radius 3 is 2.48 bits per heavy atom. The number of aromatic nitrogens is 2. The quantitative estimate of drug-likeness (QED) is 0.536. The average molecular weight is 326 g/mol. The van der Waals surface area contributed by atoms with Crippen LogP contribution in [0.25, 0.3) is 22.2 Å². The predicted molar refractivity (Wildman–Crippen MR) is 95.7 cm³/mol. The second-order valence-corrected chi connectivity index (χ2v) is 6.08. The first-order chi connectivity index (χ1) is 12.3. The van der Waals surface area contributed by atoms with E-state index in [2.05, 4.69) is 10.2 Å². The zero-order valence-electron chi connectivity index (χ0n) is 13.3. The van der Waals surface area contributed by atoms with E-state index in [1.54, 1.807) is 0 Å². The maximum absolute atomic E-state index is 13.1.